The van der Waals surface area contributed by atoms with Gasteiger partial charge in [0, 0.05) is 16.6 Å². The topological polar surface area (TPSA) is 44.9 Å². The smallest absolute Gasteiger partial charge is 0.228 e. The van der Waals surface area contributed by atoms with Gasteiger partial charge >= 0.3 is 0 Å². The van der Waals surface area contributed by atoms with E-state index in [4.69, 9.17) is 0 Å². The average molecular weight is 318 g/mol. The number of halogens is 3. The van der Waals surface area contributed by atoms with Crippen LogP contribution in [0, 0.1) is 24.4 Å². The number of carbonyl (C=O) groups is 1. The number of benzene rings is 2. The van der Waals surface area contributed by atoms with Crippen LogP contribution in [0.3, 0.4) is 0 Å². The highest BCUT2D eigenvalue weighted by Gasteiger charge is 2.17. The summed E-state index contributed by atoms with van der Waals surface area (Å²) in [5.74, 6) is -4.82. The van der Waals surface area contributed by atoms with E-state index in [2.05, 4.69) is 10.3 Å². The van der Waals surface area contributed by atoms with Gasteiger partial charge in [0.05, 0.1) is 12.1 Å². The van der Waals surface area contributed by atoms with E-state index in [0.29, 0.717) is 0 Å². The van der Waals surface area contributed by atoms with Crippen LogP contribution in [-0.4, -0.2) is 10.9 Å². The van der Waals surface area contributed by atoms with Crippen LogP contribution in [0.25, 0.3) is 10.9 Å². The van der Waals surface area contributed by atoms with Gasteiger partial charge in [-0.15, -0.1) is 0 Å². The minimum atomic E-state index is -1.61. The predicted molar refractivity (Wildman–Crippen MR) is 81.7 cm³/mol. The zero-order chi connectivity index (χ0) is 16.6. The third-order valence-corrected chi connectivity index (χ3v) is 3.67. The van der Waals surface area contributed by atoms with Gasteiger partial charge in [-0.2, -0.15) is 0 Å². The molecule has 3 nitrogen and oxygen atoms in total. The molecule has 0 saturated heterocycles. The first kappa shape index (κ1) is 15.1. The van der Waals surface area contributed by atoms with Crippen LogP contribution in [0.5, 0.6) is 0 Å². The molecule has 0 atom stereocenters. The van der Waals surface area contributed by atoms with Crippen molar-refractivity contribution >= 4 is 22.5 Å². The molecule has 0 aliphatic rings. The first-order valence-electron chi connectivity index (χ1n) is 6.97. The van der Waals surface area contributed by atoms with Crippen LogP contribution >= 0.6 is 0 Å². The van der Waals surface area contributed by atoms with Crippen molar-refractivity contribution in [2.45, 2.75) is 13.3 Å². The van der Waals surface area contributed by atoms with Gasteiger partial charge in [-0.3, -0.25) is 4.79 Å². The van der Waals surface area contributed by atoms with Crippen LogP contribution < -0.4 is 5.32 Å². The molecule has 1 aromatic heterocycles. The fraction of sp³-hybridized carbons (Fsp3) is 0.118. The summed E-state index contributed by atoms with van der Waals surface area (Å²) in [5, 5.41) is 3.17. The van der Waals surface area contributed by atoms with Gasteiger partial charge in [0.2, 0.25) is 5.91 Å². The molecule has 0 bridgehead atoms. The van der Waals surface area contributed by atoms with Crippen LogP contribution in [-0.2, 0) is 11.2 Å². The molecule has 1 amide bonds. The van der Waals surface area contributed by atoms with E-state index in [1.807, 2.05) is 31.2 Å². The van der Waals surface area contributed by atoms with E-state index >= 15 is 0 Å². The normalized spacial score (nSPS) is 11.0. The fourth-order valence-corrected chi connectivity index (χ4v) is 2.54. The Morgan fingerprint density at radius 1 is 1.09 bits per heavy atom. The van der Waals surface area contributed by atoms with E-state index in [1.54, 1.807) is 0 Å². The van der Waals surface area contributed by atoms with Crippen LogP contribution in [0.2, 0.25) is 0 Å². The van der Waals surface area contributed by atoms with Crippen LogP contribution in [0.1, 0.15) is 11.3 Å². The molecule has 0 fully saturated rings. The average Bonchev–Trinajstić information content (AvgIpc) is 2.84. The molecule has 3 rings (SSSR count). The maximum atomic E-state index is 13.6. The molecular weight excluding hydrogens is 305 g/mol. The number of aromatic nitrogens is 1. The number of hydrogen-bond acceptors (Lipinski definition) is 1. The Kier molecular flexibility index (Phi) is 3.82. The van der Waals surface area contributed by atoms with Crippen molar-refractivity contribution in [1.82, 2.24) is 4.98 Å². The Bertz CT molecular complexity index is 902. The van der Waals surface area contributed by atoms with Gasteiger partial charge in [-0.25, -0.2) is 13.2 Å². The van der Waals surface area contributed by atoms with Gasteiger partial charge in [-0.1, -0.05) is 18.2 Å². The lowest BCUT2D eigenvalue weighted by Crippen LogP contribution is -2.16. The summed E-state index contributed by atoms with van der Waals surface area (Å²) in [7, 11) is 0. The summed E-state index contributed by atoms with van der Waals surface area (Å²) < 4.78 is 39.7. The summed E-state index contributed by atoms with van der Waals surface area (Å²) in [5.41, 5.74) is 2.12. The van der Waals surface area contributed by atoms with Crippen molar-refractivity contribution in [3.63, 3.8) is 0 Å². The van der Waals surface area contributed by atoms with Gasteiger partial charge < -0.3 is 10.3 Å². The van der Waals surface area contributed by atoms with Crippen LogP contribution in [0.4, 0.5) is 18.9 Å². The molecule has 0 unspecified atom stereocenters. The Morgan fingerprint density at radius 2 is 1.83 bits per heavy atom. The Morgan fingerprint density at radius 3 is 2.61 bits per heavy atom. The highest BCUT2D eigenvalue weighted by Crippen LogP contribution is 2.24. The number of H-pyrrole nitrogens is 1. The first-order chi connectivity index (χ1) is 11.0. The SMILES string of the molecule is Cc1[nH]c2ccccc2c1CC(=O)Nc1ccc(F)c(F)c1F. The minimum absolute atomic E-state index is 0.00567. The number of nitrogens with one attached hydrogen (secondary N) is 2. The highest BCUT2D eigenvalue weighted by atomic mass is 19.2. The van der Waals surface area contributed by atoms with E-state index in [1.165, 1.54) is 0 Å². The lowest BCUT2D eigenvalue weighted by atomic mass is 10.1. The first-order valence-corrected chi connectivity index (χ1v) is 6.97. The molecule has 0 spiro atoms. The standard InChI is InChI=1S/C17H13F3N2O/c1-9-11(10-4-2-3-5-13(10)21-9)8-15(23)22-14-7-6-12(18)16(19)17(14)20/h2-7,21H,8H2,1H3,(H,22,23). The lowest BCUT2D eigenvalue weighted by Gasteiger charge is -2.07. The molecule has 1 heterocycles. The van der Waals surface area contributed by atoms with E-state index in [0.717, 1.165) is 34.3 Å². The second kappa shape index (κ2) is 5.79. The van der Waals surface area contributed by atoms with Crippen molar-refractivity contribution in [1.29, 1.82) is 0 Å². The van der Waals surface area contributed by atoms with Crippen molar-refractivity contribution in [2.75, 3.05) is 5.32 Å². The number of hydrogen-bond donors (Lipinski definition) is 2. The third kappa shape index (κ3) is 2.79. The Hall–Kier alpha value is -2.76. The van der Waals surface area contributed by atoms with Gasteiger partial charge in [-0.05, 0) is 30.7 Å². The maximum absolute atomic E-state index is 13.6. The molecule has 0 saturated carbocycles. The molecule has 0 aliphatic carbocycles. The summed E-state index contributed by atoms with van der Waals surface area (Å²) in [4.78, 5) is 15.3. The third-order valence-electron chi connectivity index (χ3n) is 3.67. The number of amides is 1. The minimum Gasteiger partial charge on any atom is -0.358 e. The van der Waals surface area contributed by atoms with E-state index in [-0.39, 0.29) is 12.1 Å². The number of rotatable bonds is 3. The summed E-state index contributed by atoms with van der Waals surface area (Å²) in [6, 6.07) is 9.25. The largest absolute Gasteiger partial charge is 0.358 e. The van der Waals surface area contributed by atoms with Crippen molar-refractivity contribution in [3.8, 4) is 0 Å². The number of anilines is 1. The number of aryl methyl sites for hydroxylation is 1. The second-order valence-electron chi connectivity index (χ2n) is 5.22. The fourth-order valence-electron chi connectivity index (χ4n) is 2.54. The molecule has 2 aromatic carbocycles. The number of para-hydroxylation sites is 1. The Labute approximate surface area is 130 Å². The summed E-state index contributed by atoms with van der Waals surface area (Å²) in [6.07, 6.45) is -0.00567. The quantitative estimate of drug-likeness (QED) is 0.702. The van der Waals surface area contributed by atoms with Gasteiger partial charge in [0.25, 0.3) is 0 Å². The predicted octanol–water partition coefficient (Wildman–Crippen LogP) is 4.07. The molecule has 118 valence electrons. The molecule has 0 radical (unpaired) electrons. The number of fused-ring (bicyclic) bond motifs is 1. The molecule has 0 aliphatic heterocycles. The van der Waals surface area contributed by atoms with Crippen molar-refractivity contribution in [2.24, 2.45) is 0 Å². The van der Waals surface area contributed by atoms with Crippen LogP contribution in [0.15, 0.2) is 36.4 Å². The summed E-state index contributed by atoms with van der Waals surface area (Å²) in [6.45, 7) is 1.83. The van der Waals surface area contributed by atoms with E-state index < -0.39 is 23.4 Å². The van der Waals surface area contributed by atoms with Gasteiger partial charge in [0.1, 0.15) is 0 Å². The number of carbonyl (C=O) groups excluding carboxylic acids is 1. The van der Waals surface area contributed by atoms with Crippen molar-refractivity contribution < 1.29 is 18.0 Å². The second-order valence-corrected chi connectivity index (χ2v) is 5.22. The maximum Gasteiger partial charge on any atom is 0.228 e. The molecule has 23 heavy (non-hydrogen) atoms. The molecule has 6 heteroatoms. The van der Waals surface area contributed by atoms with Gasteiger partial charge in [0.15, 0.2) is 17.5 Å². The Balaban J connectivity index is 1.85. The number of aromatic amines is 1. The summed E-state index contributed by atoms with van der Waals surface area (Å²) >= 11 is 0. The lowest BCUT2D eigenvalue weighted by molar-refractivity contribution is -0.115. The molecule has 3 aromatic rings. The monoisotopic (exact) mass is 318 g/mol. The van der Waals surface area contributed by atoms with E-state index in [9.17, 15) is 18.0 Å². The van der Waals surface area contributed by atoms with Crippen molar-refractivity contribution in [3.05, 3.63) is 65.1 Å². The zero-order valence-corrected chi connectivity index (χ0v) is 12.2. The molecule has 2 N–H and O–H groups in total. The zero-order valence-electron chi connectivity index (χ0n) is 12.2. The molecular formula is C17H13F3N2O. The highest BCUT2D eigenvalue weighted by molar-refractivity contribution is 5.96.